The first-order valence-electron chi connectivity index (χ1n) is 5.36. The summed E-state index contributed by atoms with van der Waals surface area (Å²) in [5, 5.41) is 0. The third-order valence-corrected chi connectivity index (χ3v) is 4.34. The van der Waals surface area contributed by atoms with Crippen molar-refractivity contribution in [1.29, 1.82) is 0 Å². The predicted molar refractivity (Wildman–Crippen MR) is 59.1 cm³/mol. The van der Waals surface area contributed by atoms with Crippen LogP contribution in [0.5, 0.6) is 0 Å². The monoisotopic (exact) mass is 236 g/mol. The highest BCUT2D eigenvalue weighted by atomic mass is 32.2. The molecule has 1 saturated heterocycles. The van der Waals surface area contributed by atoms with Gasteiger partial charge in [-0.3, -0.25) is 0 Å². The van der Waals surface area contributed by atoms with Crippen LogP contribution in [0, 0.1) is 0 Å². The third kappa shape index (κ3) is 4.06. The lowest BCUT2D eigenvalue weighted by Crippen LogP contribution is -2.37. The van der Waals surface area contributed by atoms with Crippen LogP contribution in [-0.4, -0.2) is 50.8 Å². The van der Waals surface area contributed by atoms with Gasteiger partial charge in [-0.15, -0.1) is 0 Å². The minimum Gasteiger partial charge on any atom is -0.377 e. The average molecular weight is 236 g/mol. The molecule has 0 spiro atoms. The maximum atomic E-state index is 11.9. The summed E-state index contributed by atoms with van der Waals surface area (Å²) in [7, 11) is -3.13. The highest BCUT2D eigenvalue weighted by Gasteiger charge is 2.25. The molecule has 6 heteroatoms. The quantitative estimate of drug-likeness (QED) is 0.732. The molecule has 0 radical (unpaired) electrons. The van der Waals surface area contributed by atoms with E-state index in [1.165, 1.54) is 4.31 Å². The van der Waals surface area contributed by atoms with E-state index in [4.69, 9.17) is 10.5 Å². The van der Waals surface area contributed by atoms with E-state index in [1.807, 2.05) is 6.92 Å². The fourth-order valence-corrected chi connectivity index (χ4v) is 3.24. The molecule has 1 unspecified atom stereocenters. The topological polar surface area (TPSA) is 72.6 Å². The minimum atomic E-state index is -3.13. The lowest BCUT2D eigenvalue weighted by molar-refractivity contribution is 0.0752. The summed E-state index contributed by atoms with van der Waals surface area (Å²) in [5.74, 6) is 0.149. The second kappa shape index (κ2) is 5.79. The Morgan fingerprint density at radius 3 is 2.93 bits per heavy atom. The standard InChI is InChI=1S/C9H20N2O3S/c1-9-8-11(5-3-6-14-9)15(12,13)7-2-4-10/h9H,2-8,10H2,1H3. The summed E-state index contributed by atoms with van der Waals surface area (Å²) < 4.78 is 30.6. The molecule has 1 aliphatic rings. The lowest BCUT2D eigenvalue weighted by atomic mass is 10.4. The molecule has 0 aromatic heterocycles. The van der Waals surface area contributed by atoms with Crippen molar-refractivity contribution in [3.63, 3.8) is 0 Å². The Kier molecular flexibility index (Phi) is 4.98. The lowest BCUT2D eigenvalue weighted by Gasteiger charge is -2.21. The molecule has 0 aliphatic carbocycles. The first-order valence-corrected chi connectivity index (χ1v) is 6.96. The van der Waals surface area contributed by atoms with Crippen LogP contribution in [0.25, 0.3) is 0 Å². The molecule has 0 amide bonds. The number of hydrogen-bond acceptors (Lipinski definition) is 4. The molecule has 1 rings (SSSR count). The predicted octanol–water partition coefficient (Wildman–Crippen LogP) is -0.224. The number of sulfonamides is 1. The van der Waals surface area contributed by atoms with Crippen molar-refractivity contribution in [3.05, 3.63) is 0 Å². The van der Waals surface area contributed by atoms with Gasteiger partial charge >= 0.3 is 0 Å². The summed E-state index contributed by atoms with van der Waals surface area (Å²) in [6.07, 6.45) is 1.28. The van der Waals surface area contributed by atoms with Crippen LogP contribution < -0.4 is 5.73 Å². The summed E-state index contributed by atoms with van der Waals surface area (Å²) in [4.78, 5) is 0. The van der Waals surface area contributed by atoms with Gasteiger partial charge in [0.1, 0.15) is 0 Å². The number of rotatable bonds is 4. The Morgan fingerprint density at radius 1 is 1.53 bits per heavy atom. The van der Waals surface area contributed by atoms with E-state index in [0.717, 1.165) is 6.42 Å². The maximum Gasteiger partial charge on any atom is 0.214 e. The normalized spacial score (nSPS) is 25.1. The van der Waals surface area contributed by atoms with Gasteiger partial charge in [0, 0.05) is 19.7 Å². The molecular formula is C9H20N2O3S. The van der Waals surface area contributed by atoms with E-state index in [0.29, 0.717) is 32.7 Å². The van der Waals surface area contributed by atoms with Gasteiger partial charge in [0.25, 0.3) is 0 Å². The smallest absolute Gasteiger partial charge is 0.214 e. The molecule has 1 aliphatic heterocycles. The van der Waals surface area contributed by atoms with Crippen molar-refractivity contribution in [2.75, 3.05) is 32.0 Å². The van der Waals surface area contributed by atoms with Crippen molar-refractivity contribution >= 4 is 10.0 Å². The molecule has 15 heavy (non-hydrogen) atoms. The van der Waals surface area contributed by atoms with Crippen molar-refractivity contribution in [1.82, 2.24) is 4.31 Å². The zero-order valence-corrected chi connectivity index (χ0v) is 10.0. The first kappa shape index (κ1) is 12.9. The average Bonchev–Trinajstić information content (AvgIpc) is 2.40. The van der Waals surface area contributed by atoms with Crippen LogP contribution in [0.2, 0.25) is 0 Å². The van der Waals surface area contributed by atoms with Crippen molar-refractivity contribution in [2.24, 2.45) is 5.73 Å². The van der Waals surface area contributed by atoms with E-state index >= 15 is 0 Å². The number of ether oxygens (including phenoxy) is 1. The van der Waals surface area contributed by atoms with Crippen LogP contribution in [0.3, 0.4) is 0 Å². The van der Waals surface area contributed by atoms with Gasteiger partial charge in [0.15, 0.2) is 0 Å². The highest BCUT2D eigenvalue weighted by Crippen LogP contribution is 2.11. The molecule has 1 atom stereocenters. The fraction of sp³-hybridized carbons (Fsp3) is 1.00. The number of nitrogens with two attached hydrogens (primary N) is 1. The van der Waals surface area contributed by atoms with Crippen LogP contribution in [0.4, 0.5) is 0 Å². The van der Waals surface area contributed by atoms with Gasteiger partial charge in [-0.05, 0) is 26.3 Å². The number of hydrogen-bond donors (Lipinski definition) is 1. The summed E-state index contributed by atoms with van der Waals surface area (Å²) >= 11 is 0. The van der Waals surface area contributed by atoms with E-state index in [2.05, 4.69) is 0 Å². The molecule has 0 bridgehead atoms. The maximum absolute atomic E-state index is 11.9. The van der Waals surface area contributed by atoms with Crippen molar-refractivity contribution in [2.45, 2.75) is 25.9 Å². The first-order chi connectivity index (χ1) is 7.06. The summed E-state index contributed by atoms with van der Waals surface area (Å²) in [6, 6.07) is 0. The van der Waals surface area contributed by atoms with Crippen LogP contribution in [0.1, 0.15) is 19.8 Å². The van der Waals surface area contributed by atoms with Crippen molar-refractivity contribution < 1.29 is 13.2 Å². The molecule has 1 fully saturated rings. The van der Waals surface area contributed by atoms with Gasteiger partial charge < -0.3 is 10.5 Å². The third-order valence-electron chi connectivity index (χ3n) is 2.41. The van der Waals surface area contributed by atoms with E-state index < -0.39 is 10.0 Å². The van der Waals surface area contributed by atoms with Gasteiger partial charge in [0.2, 0.25) is 10.0 Å². The Bertz CT molecular complexity index is 279. The number of nitrogens with zero attached hydrogens (tertiary/aromatic N) is 1. The Hall–Kier alpha value is -0.170. The minimum absolute atomic E-state index is 0.0137. The fourth-order valence-electron chi connectivity index (χ4n) is 1.60. The van der Waals surface area contributed by atoms with Gasteiger partial charge in [0.05, 0.1) is 11.9 Å². The molecule has 5 nitrogen and oxygen atoms in total. The van der Waals surface area contributed by atoms with E-state index in [1.54, 1.807) is 0 Å². The zero-order valence-electron chi connectivity index (χ0n) is 9.18. The van der Waals surface area contributed by atoms with Crippen LogP contribution in [0.15, 0.2) is 0 Å². The highest BCUT2D eigenvalue weighted by molar-refractivity contribution is 7.89. The summed E-state index contributed by atoms with van der Waals surface area (Å²) in [5.41, 5.74) is 5.32. The second-order valence-electron chi connectivity index (χ2n) is 3.85. The molecule has 1 heterocycles. The Labute approximate surface area is 91.6 Å². The largest absolute Gasteiger partial charge is 0.377 e. The molecule has 0 aromatic rings. The SMILES string of the molecule is CC1CN(S(=O)(=O)CCCN)CCCO1. The van der Waals surface area contributed by atoms with Gasteiger partial charge in [-0.2, -0.15) is 4.31 Å². The molecule has 2 N–H and O–H groups in total. The Morgan fingerprint density at radius 2 is 2.27 bits per heavy atom. The second-order valence-corrected chi connectivity index (χ2v) is 5.94. The van der Waals surface area contributed by atoms with Gasteiger partial charge in [-0.25, -0.2) is 8.42 Å². The van der Waals surface area contributed by atoms with E-state index in [9.17, 15) is 8.42 Å². The summed E-state index contributed by atoms with van der Waals surface area (Å²) in [6.45, 7) is 3.99. The molecule has 0 aromatic carbocycles. The Balaban J connectivity index is 2.59. The molecule has 0 saturated carbocycles. The van der Waals surface area contributed by atoms with Gasteiger partial charge in [-0.1, -0.05) is 0 Å². The van der Waals surface area contributed by atoms with Crippen molar-refractivity contribution in [3.8, 4) is 0 Å². The van der Waals surface area contributed by atoms with E-state index in [-0.39, 0.29) is 11.9 Å². The van der Waals surface area contributed by atoms with Crippen LogP contribution in [-0.2, 0) is 14.8 Å². The molecular weight excluding hydrogens is 216 g/mol. The molecule has 90 valence electrons. The zero-order chi connectivity index (χ0) is 11.3. The van der Waals surface area contributed by atoms with Crippen LogP contribution >= 0.6 is 0 Å².